The lowest BCUT2D eigenvalue weighted by Crippen LogP contribution is -2.08. The maximum atomic E-state index is 11.2. The molecule has 6 nitrogen and oxygen atoms in total. The van der Waals surface area contributed by atoms with E-state index in [1.807, 2.05) is 0 Å². The molecule has 1 aromatic rings. The van der Waals surface area contributed by atoms with E-state index in [1.165, 1.54) is 19.4 Å². The number of hydrogen-bond donors (Lipinski definition) is 2. The first-order valence-corrected chi connectivity index (χ1v) is 4.26. The molecular weight excluding hydrogens is 200 g/mol. The molecule has 0 bridgehead atoms. The highest BCUT2D eigenvalue weighted by Crippen LogP contribution is 2.17. The molecule has 0 radical (unpaired) electrons. The SMILES string of the molecule is COC(=O)c1cc(OCCO)ncc1N. The number of anilines is 1. The molecule has 0 aliphatic rings. The zero-order valence-electron chi connectivity index (χ0n) is 8.27. The van der Waals surface area contributed by atoms with Gasteiger partial charge in [0.25, 0.3) is 0 Å². The maximum Gasteiger partial charge on any atom is 0.340 e. The van der Waals surface area contributed by atoms with Gasteiger partial charge in [0.15, 0.2) is 0 Å². The Morgan fingerprint density at radius 2 is 2.40 bits per heavy atom. The number of aliphatic hydroxyl groups is 1. The summed E-state index contributed by atoms with van der Waals surface area (Å²) in [7, 11) is 1.26. The number of nitrogens with two attached hydrogens (primary N) is 1. The van der Waals surface area contributed by atoms with Gasteiger partial charge in [0.05, 0.1) is 31.2 Å². The lowest BCUT2D eigenvalue weighted by Gasteiger charge is -2.06. The summed E-state index contributed by atoms with van der Waals surface area (Å²) in [4.78, 5) is 15.1. The van der Waals surface area contributed by atoms with E-state index in [-0.39, 0.29) is 30.3 Å². The highest BCUT2D eigenvalue weighted by molar-refractivity contribution is 5.95. The minimum absolute atomic E-state index is 0.109. The van der Waals surface area contributed by atoms with Crippen molar-refractivity contribution in [2.45, 2.75) is 0 Å². The molecule has 0 spiro atoms. The number of nitrogens with zero attached hydrogens (tertiary/aromatic N) is 1. The summed E-state index contributed by atoms with van der Waals surface area (Å²) in [6.07, 6.45) is 1.30. The number of ether oxygens (including phenoxy) is 2. The highest BCUT2D eigenvalue weighted by atomic mass is 16.5. The smallest absolute Gasteiger partial charge is 0.340 e. The molecule has 0 saturated carbocycles. The molecule has 0 fully saturated rings. The number of carbonyl (C=O) groups excluding carboxylic acids is 1. The molecule has 3 N–H and O–H groups in total. The molecule has 0 aliphatic carbocycles. The van der Waals surface area contributed by atoms with Crippen molar-refractivity contribution >= 4 is 11.7 Å². The van der Waals surface area contributed by atoms with Crippen LogP contribution in [0.5, 0.6) is 5.88 Å². The van der Waals surface area contributed by atoms with Crippen LogP contribution in [0, 0.1) is 0 Å². The summed E-state index contributed by atoms with van der Waals surface area (Å²) >= 11 is 0. The van der Waals surface area contributed by atoms with Crippen LogP contribution in [0.25, 0.3) is 0 Å². The zero-order chi connectivity index (χ0) is 11.3. The number of rotatable bonds is 4. The number of methoxy groups -OCH3 is 1. The van der Waals surface area contributed by atoms with E-state index >= 15 is 0 Å². The van der Waals surface area contributed by atoms with Crippen molar-refractivity contribution in [2.24, 2.45) is 0 Å². The largest absolute Gasteiger partial charge is 0.475 e. The number of aliphatic hydroxyl groups excluding tert-OH is 1. The van der Waals surface area contributed by atoms with E-state index in [9.17, 15) is 4.79 Å². The van der Waals surface area contributed by atoms with Crippen molar-refractivity contribution in [1.29, 1.82) is 0 Å². The second-order valence-corrected chi connectivity index (χ2v) is 2.67. The van der Waals surface area contributed by atoms with Crippen LogP contribution in [0.1, 0.15) is 10.4 Å². The van der Waals surface area contributed by atoms with Gasteiger partial charge in [0, 0.05) is 6.07 Å². The monoisotopic (exact) mass is 212 g/mol. The van der Waals surface area contributed by atoms with Crippen LogP contribution < -0.4 is 10.5 Å². The van der Waals surface area contributed by atoms with E-state index in [0.29, 0.717) is 0 Å². The molecule has 0 aliphatic heterocycles. The summed E-state index contributed by atoms with van der Waals surface area (Å²) in [5.74, 6) is -0.331. The average Bonchev–Trinajstić information content (AvgIpc) is 2.27. The van der Waals surface area contributed by atoms with Gasteiger partial charge in [-0.25, -0.2) is 9.78 Å². The third kappa shape index (κ3) is 2.81. The topological polar surface area (TPSA) is 94.7 Å². The Bertz CT molecular complexity index is 354. The van der Waals surface area contributed by atoms with Gasteiger partial charge in [-0.15, -0.1) is 0 Å². The minimum Gasteiger partial charge on any atom is -0.475 e. The van der Waals surface area contributed by atoms with E-state index in [4.69, 9.17) is 15.6 Å². The summed E-state index contributed by atoms with van der Waals surface area (Å²) in [5.41, 5.74) is 5.94. The van der Waals surface area contributed by atoms with E-state index in [1.54, 1.807) is 0 Å². The second-order valence-electron chi connectivity index (χ2n) is 2.67. The number of aromatic nitrogens is 1. The average molecular weight is 212 g/mol. The number of esters is 1. The van der Waals surface area contributed by atoms with Gasteiger partial charge in [0.2, 0.25) is 5.88 Å². The van der Waals surface area contributed by atoms with Crippen molar-refractivity contribution < 1.29 is 19.4 Å². The number of nitrogen functional groups attached to an aromatic ring is 1. The molecule has 0 saturated heterocycles. The number of pyridine rings is 1. The van der Waals surface area contributed by atoms with Crippen LogP contribution in [-0.4, -0.2) is 36.4 Å². The fourth-order valence-electron chi connectivity index (χ4n) is 0.963. The number of carbonyl (C=O) groups is 1. The Labute approximate surface area is 86.6 Å². The third-order valence-corrected chi connectivity index (χ3v) is 1.66. The third-order valence-electron chi connectivity index (χ3n) is 1.66. The molecule has 0 unspecified atom stereocenters. The van der Waals surface area contributed by atoms with Gasteiger partial charge in [-0.3, -0.25) is 0 Å². The van der Waals surface area contributed by atoms with Gasteiger partial charge in [-0.2, -0.15) is 0 Å². The molecule has 15 heavy (non-hydrogen) atoms. The fraction of sp³-hybridized carbons (Fsp3) is 0.333. The summed E-state index contributed by atoms with van der Waals surface area (Å²) in [6.45, 7) is -0.0167. The normalized spacial score (nSPS) is 9.73. The Hall–Kier alpha value is -1.82. The summed E-state index contributed by atoms with van der Waals surface area (Å²) < 4.78 is 9.55. The van der Waals surface area contributed by atoms with Gasteiger partial charge >= 0.3 is 5.97 Å². The Morgan fingerprint density at radius 3 is 3.00 bits per heavy atom. The Kier molecular flexibility index (Phi) is 3.87. The predicted octanol–water partition coefficient (Wildman–Crippen LogP) is -0.179. The van der Waals surface area contributed by atoms with E-state index in [0.717, 1.165) is 0 Å². The molecule has 0 aromatic carbocycles. The first-order chi connectivity index (χ1) is 7.19. The second kappa shape index (κ2) is 5.16. The molecule has 1 rings (SSSR count). The van der Waals surface area contributed by atoms with Crippen LogP contribution in [-0.2, 0) is 4.74 Å². The van der Waals surface area contributed by atoms with E-state index < -0.39 is 5.97 Å². The molecule has 1 heterocycles. The van der Waals surface area contributed by atoms with Crippen LogP contribution >= 0.6 is 0 Å². The van der Waals surface area contributed by atoms with Gasteiger partial charge in [-0.1, -0.05) is 0 Å². The van der Waals surface area contributed by atoms with Crippen LogP contribution in [0.4, 0.5) is 5.69 Å². The molecule has 82 valence electrons. The molecule has 1 aromatic heterocycles. The van der Waals surface area contributed by atoms with Crippen molar-refractivity contribution in [3.05, 3.63) is 17.8 Å². The number of hydrogen-bond acceptors (Lipinski definition) is 6. The van der Waals surface area contributed by atoms with Crippen LogP contribution in [0.2, 0.25) is 0 Å². The standard InChI is InChI=1S/C9H12N2O4/c1-14-9(13)6-4-8(15-3-2-12)11-5-7(6)10/h4-5,12H,2-3,10H2,1H3. The Balaban J connectivity index is 2.89. The van der Waals surface area contributed by atoms with Crippen molar-refractivity contribution in [2.75, 3.05) is 26.1 Å². The zero-order valence-corrected chi connectivity index (χ0v) is 8.27. The van der Waals surface area contributed by atoms with E-state index in [2.05, 4.69) is 9.72 Å². The van der Waals surface area contributed by atoms with Crippen molar-refractivity contribution in [3.63, 3.8) is 0 Å². The van der Waals surface area contributed by atoms with Crippen molar-refractivity contribution in [3.8, 4) is 5.88 Å². The lowest BCUT2D eigenvalue weighted by molar-refractivity contribution is 0.0601. The highest BCUT2D eigenvalue weighted by Gasteiger charge is 2.11. The first kappa shape index (κ1) is 11.3. The molecular formula is C9H12N2O4. The van der Waals surface area contributed by atoms with Crippen LogP contribution in [0.3, 0.4) is 0 Å². The summed E-state index contributed by atoms with van der Waals surface area (Å²) in [6, 6.07) is 1.37. The van der Waals surface area contributed by atoms with Gasteiger partial charge in [0.1, 0.15) is 6.61 Å². The quantitative estimate of drug-likeness (QED) is 0.672. The van der Waals surface area contributed by atoms with Gasteiger partial charge in [-0.05, 0) is 0 Å². The molecule has 0 atom stereocenters. The molecule has 0 amide bonds. The molecule has 6 heteroatoms. The first-order valence-electron chi connectivity index (χ1n) is 4.26. The predicted molar refractivity (Wildman–Crippen MR) is 52.6 cm³/mol. The summed E-state index contributed by atoms with van der Waals surface area (Å²) in [5, 5.41) is 8.54. The van der Waals surface area contributed by atoms with Crippen molar-refractivity contribution in [1.82, 2.24) is 4.98 Å². The van der Waals surface area contributed by atoms with Crippen LogP contribution in [0.15, 0.2) is 12.3 Å². The fourth-order valence-corrected chi connectivity index (χ4v) is 0.963. The maximum absolute atomic E-state index is 11.2. The van der Waals surface area contributed by atoms with Gasteiger partial charge < -0.3 is 20.3 Å². The lowest BCUT2D eigenvalue weighted by atomic mass is 10.2. The Morgan fingerprint density at radius 1 is 1.67 bits per heavy atom. The minimum atomic E-state index is -0.552.